The van der Waals surface area contributed by atoms with Crippen molar-refractivity contribution in [3.8, 4) is 17.2 Å². The van der Waals surface area contributed by atoms with Gasteiger partial charge in [-0.3, -0.25) is 4.90 Å². The number of methoxy groups -OCH3 is 3. The van der Waals surface area contributed by atoms with Crippen molar-refractivity contribution in [1.29, 1.82) is 0 Å². The normalized spacial score (nSPS) is 14.6. The monoisotopic (exact) mass is 371 g/mol. The summed E-state index contributed by atoms with van der Waals surface area (Å²) in [5.74, 6) is 3.18. The summed E-state index contributed by atoms with van der Waals surface area (Å²) in [5.41, 5.74) is 3.35. The van der Waals surface area contributed by atoms with Crippen molar-refractivity contribution in [2.75, 3.05) is 27.9 Å². The van der Waals surface area contributed by atoms with Crippen molar-refractivity contribution < 1.29 is 14.2 Å². The zero-order valence-electron chi connectivity index (χ0n) is 17.1. The largest absolute Gasteiger partial charge is 0.496 e. The van der Waals surface area contributed by atoms with Crippen LogP contribution in [0.5, 0.6) is 17.2 Å². The van der Waals surface area contributed by atoms with E-state index in [2.05, 4.69) is 30.7 Å². The fourth-order valence-electron chi connectivity index (χ4n) is 3.33. The lowest BCUT2D eigenvalue weighted by Crippen LogP contribution is -2.32. The molecule has 0 bridgehead atoms. The van der Waals surface area contributed by atoms with Gasteiger partial charge in [0, 0.05) is 61.1 Å². The second kappa shape index (κ2) is 7.72. The Hall–Kier alpha value is -2.34. The Morgan fingerprint density at radius 3 is 2.26 bits per heavy atom. The molecule has 0 N–H and O–H groups in total. The number of rotatable bonds is 5. The zero-order valence-corrected chi connectivity index (χ0v) is 17.1. The molecule has 6 nitrogen and oxygen atoms in total. The molecule has 0 spiro atoms. The number of aromatic nitrogens is 2. The van der Waals surface area contributed by atoms with E-state index in [1.54, 1.807) is 21.3 Å². The van der Waals surface area contributed by atoms with Gasteiger partial charge in [0.2, 0.25) is 0 Å². The summed E-state index contributed by atoms with van der Waals surface area (Å²) < 4.78 is 16.5. The summed E-state index contributed by atoms with van der Waals surface area (Å²) in [4.78, 5) is 11.8. The maximum atomic E-state index is 5.58. The van der Waals surface area contributed by atoms with Gasteiger partial charge in [-0.15, -0.1) is 0 Å². The summed E-state index contributed by atoms with van der Waals surface area (Å²) >= 11 is 0. The van der Waals surface area contributed by atoms with Crippen molar-refractivity contribution in [3.05, 3.63) is 41.0 Å². The lowest BCUT2D eigenvalue weighted by Gasteiger charge is -2.30. The predicted molar refractivity (Wildman–Crippen MR) is 105 cm³/mol. The minimum Gasteiger partial charge on any atom is -0.496 e. The molecule has 0 aliphatic carbocycles. The summed E-state index contributed by atoms with van der Waals surface area (Å²) in [6, 6.07) is 3.79. The van der Waals surface area contributed by atoms with Gasteiger partial charge < -0.3 is 14.2 Å². The average Bonchev–Trinajstić information content (AvgIpc) is 2.66. The number of fused-ring (bicyclic) bond motifs is 1. The number of ether oxygens (including phenoxy) is 3. The SMILES string of the molecule is COc1cc(OC)c(CN2CCc3nc(C(C)(C)C)ncc3C2)c(OC)c1. The number of hydrogen-bond acceptors (Lipinski definition) is 6. The highest BCUT2D eigenvalue weighted by Gasteiger charge is 2.24. The van der Waals surface area contributed by atoms with Crippen LogP contribution in [0.1, 0.15) is 43.4 Å². The molecule has 6 heteroatoms. The highest BCUT2D eigenvalue weighted by Crippen LogP contribution is 2.35. The molecule has 0 atom stereocenters. The van der Waals surface area contributed by atoms with Crippen molar-refractivity contribution in [2.24, 2.45) is 0 Å². The Balaban J connectivity index is 1.83. The molecule has 0 amide bonds. The van der Waals surface area contributed by atoms with Crippen LogP contribution < -0.4 is 14.2 Å². The highest BCUT2D eigenvalue weighted by molar-refractivity contribution is 5.50. The number of nitrogens with zero attached hydrogens (tertiary/aromatic N) is 3. The van der Waals surface area contributed by atoms with Crippen molar-refractivity contribution in [1.82, 2.24) is 14.9 Å². The Kier molecular flexibility index (Phi) is 5.56. The van der Waals surface area contributed by atoms with Crippen LogP contribution in [0.4, 0.5) is 0 Å². The molecule has 0 unspecified atom stereocenters. The van der Waals surface area contributed by atoms with Gasteiger partial charge in [-0.2, -0.15) is 0 Å². The number of hydrogen-bond donors (Lipinski definition) is 0. The molecule has 0 saturated carbocycles. The van der Waals surface area contributed by atoms with Crippen LogP contribution in [-0.4, -0.2) is 42.7 Å². The van der Waals surface area contributed by atoms with E-state index in [9.17, 15) is 0 Å². The lowest BCUT2D eigenvalue weighted by molar-refractivity contribution is 0.234. The third-order valence-corrected chi connectivity index (χ3v) is 4.88. The Morgan fingerprint density at radius 2 is 1.70 bits per heavy atom. The Morgan fingerprint density at radius 1 is 1.04 bits per heavy atom. The van der Waals surface area contributed by atoms with Crippen LogP contribution >= 0.6 is 0 Å². The van der Waals surface area contributed by atoms with Gasteiger partial charge in [-0.05, 0) is 0 Å². The summed E-state index contributed by atoms with van der Waals surface area (Å²) in [7, 11) is 4.98. The van der Waals surface area contributed by atoms with Crippen molar-refractivity contribution in [2.45, 2.75) is 45.7 Å². The van der Waals surface area contributed by atoms with E-state index >= 15 is 0 Å². The van der Waals surface area contributed by atoms with E-state index in [-0.39, 0.29) is 5.41 Å². The molecule has 0 radical (unpaired) electrons. The molecule has 27 heavy (non-hydrogen) atoms. The van der Waals surface area contributed by atoms with E-state index in [0.29, 0.717) is 0 Å². The maximum Gasteiger partial charge on any atom is 0.133 e. The van der Waals surface area contributed by atoms with E-state index < -0.39 is 0 Å². The quantitative estimate of drug-likeness (QED) is 0.803. The molecule has 146 valence electrons. The zero-order chi connectivity index (χ0) is 19.6. The maximum absolute atomic E-state index is 5.58. The molecule has 2 aromatic rings. The molecule has 1 aliphatic rings. The van der Waals surface area contributed by atoms with Crippen molar-refractivity contribution >= 4 is 0 Å². The first kappa shape index (κ1) is 19.4. The van der Waals surface area contributed by atoms with Gasteiger partial charge in [0.25, 0.3) is 0 Å². The lowest BCUT2D eigenvalue weighted by atomic mass is 9.95. The smallest absolute Gasteiger partial charge is 0.133 e. The summed E-state index contributed by atoms with van der Waals surface area (Å²) in [6.45, 7) is 8.92. The third kappa shape index (κ3) is 4.16. The topological polar surface area (TPSA) is 56.7 Å². The minimum atomic E-state index is -0.0318. The first-order chi connectivity index (χ1) is 12.9. The van der Waals surface area contributed by atoms with Crippen LogP contribution in [0.2, 0.25) is 0 Å². The summed E-state index contributed by atoms with van der Waals surface area (Å²) in [6.07, 6.45) is 2.90. The molecule has 2 heterocycles. The van der Waals surface area contributed by atoms with Gasteiger partial charge in [-0.1, -0.05) is 20.8 Å². The minimum absolute atomic E-state index is 0.0318. The van der Waals surface area contributed by atoms with Gasteiger partial charge in [0.15, 0.2) is 0 Å². The van der Waals surface area contributed by atoms with E-state index in [0.717, 1.165) is 54.7 Å². The van der Waals surface area contributed by atoms with E-state index in [1.807, 2.05) is 18.3 Å². The van der Waals surface area contributed by atoms with Crippen LogP contribution in [-0.2, 0) is 24.9 Å². The van der Waals surface area contributed by atoms with E-state index in [4.69, 9.17) is 19.2 Å². The second-order valence-corrected chi connectivity index (χ2v) is 7.89. The van der Waals surface area contributed by atoms with Crippen LogP contribution in [0.3, 0.4) is 0 Å². The summed E-state index contributed by atoms with van der Waals surface area (Å²) in [5, 5.41) is 0. The third-order valence-electron chi connectivity index (χ3n) is 4.88. The second-order valence-electron chi connectivity index (χ2n) is 7.89. The predicted octanol–water partition coefficient (Wildman–Crippen LogP) is 3.36. The van der Waals surface area contributed by atoms with Gasteiger partial charge in [-0.25, -0.2) is 9.97 Å². The van der Waals surface area contributed by atoms with E-state index in [1.165, 1.54) is 11.3 Å². The molecule has 1 aliphatic heterocycles. The van der Waals surface area contributed by atoms with Gasteiger partial charge >= 0.3 is 0 Å². The molecule has 1 aromatic carbocycles. The average molecular weight is 371 g/mol. The first-order valence-electron chi connectivity index (χ1n) is 9.22. The van der Waals surface area contributed by atoms with Crippen LogP contribution in [0.25, 0.3) is 0 Å². The Labute approximate surface area is 161 Å². The van der Waals surface area contributed by atoms with Crippen LogP contribution in [0.15, 0.2) is 18.3 Å². The molecule has 3 rings (SSSR count). The van der Waals surface area contributed by atoms with Gasteiger partial charge in [0.05, 0.1) is 26.9 Å². The van der Waals surface area contributed by atoms with Crippen LogP contribution in [0, 0.1) is 0 Å². The van der Waals surface area contributed by atoms with Gasteiger partial charge in [0.1, 0.15) is 23.1 Å². The first-order valence-corrected chi connectivity index (χ1v) is 9.22. The molecular weight excluding hydrogens is 342 g/mol. The standard InChI is InChI=1S/C21H29N3O3/c1-21(2,3)20-22-11-14-12-24(8-7-17(14)23-20)13-16-18(26-5)9-15(25-4)10-19(16)27-6/h9-11H,7-8,12-13H2,1-6H3. The highest BCUT2D eigenvalue weighted by atomic mass is 16.5. The fraction of sp³-hybridized carbons (Fsp3) is 0.524. The molecular formula is C21H29N3O3. The molecule has 0 saturated heterocycles. The molecule has 1 aromatic heterocycles. The number of benzene rings is 1. The molecule has 0 fully saturated rings. The fourth-order valence-corrected chi connectivity index (χ4v) is 3.33. The Bertz CT molecular complexity index is 790. The van der Waals surface area contributed by atoms with Crippen molar-refractivity contribution in [3.63, 3.8) is 0 Å².